The zero-order chi connectivity index (χ0) is 18.9. The molecule has 0 aliphatic rings. The fourth-order valence-corrected chi connectivity index (χ4v) is 3.57. The Morgan fingerprint density at radius 2 is 1.96 bits per heavy atom. The molecule has 0 radical (unpaired) electrons. The van der Waals surface area contributed by atoms with Crippen LogP contribution in [-0.4, -0.2) is 37.2 Å². The van der Waals surface area contributed by atoms with Crippen molar-refractivity contribution in [2.45, 2.75) is 18.6 Å². The summed E-state index contributed by atoms with van der Waals surface area (Å²) in [5, 5.41) is 2.64. The van der Waals surface area contributed by atoms with Crippen molar-refractivity contribution in [3.63, 3.8) is 0 Å². The zero-order valence-corrected chi connectivity index (χ0v) is 15.5. The zero-order valence-electron chi connectivity index (χ0n) is 14.7. The van der Waals surface area contributed by atoms with Gasteiger partial charge in [0.1, 0.15) is 12.3 Å². The lowest BCUT2D eigenvalue weighted by Gasteiger charge is -2.12. The molecule has 0 aliphatic carbocycles. The normalized spacial score (nSPS) is 11.5. The van der Waals surface area contributed by atoms with Crippen LogP contribution in [0.25, 0.3) is 11.0 Å². The number of para-hydroxylation sites is 2. The quantitative estimate of drug-likeness (QED) is 0.742. The van der Waals surface area contributed by atoms with Crippen LogP contribution in [-0.2, 0) is 21.2 Å². The number of carbonyl (C=O) groups excluding carboxylic acids is 1. The molecule has 0 saturated carbocycles. The first-order chi connectivity index (χ1) is 12.3. The molecule has 136 valence electrons. The Hall–Kier alpha value is -2.87. The van der Waals surface area contributed by atoms with E-state index in [1.165, 1.54) is 11.7 Å². The molecule has 0 fully saturated rings. The van der Waals surface area contributed by atoms with Crippen molar-refractivity contribution in [2.75, 3.05) is 18.7 Å². The fraction of sp³-hybridized carbons (Fsp3) is 0.222. The third-order valence-electron chi connectivity index (χ3n) is 3.88. The van der Waals surface area contributed by atoms with Crippen molar-refractivity contribution < 1.29 is 17.9 Å². The van der Waals surface area contributed by atoms with Gasteiger partial charge in [0.05, 0.1) is 23.8 Å². The van der Waals surface area contributed by atoms with Crippen LogP contribution in [0.1, 0.15) is 5.56 Å². The fourth-order valence-electron chi connectivity index (χ4n) is 2.74. The number of imidazole rings is 1. The average molecular weight is 373 g/mol. The Balaban J connectivity index is 1.96. The largest absolute Gasteiger partial charge is 0.495 e. The molecule has 0 saturated heterocycles. The van der Waals surface area contributed by atoms with Gasteiger partial charge in [-0.2, -0.15) is 0 Å². The Labute approximate surface area is 151 Å². The first kappa shape index (κ1) is 17.9. The van der Waals surface area contributed by atoms with Gasteiger partial charge in [0.15, 0.2) is 0 Å². The van der Waals surface area contributed by atoms with Crippen LogP contribution in [0, 0.1) is 6.92 Å². The number of fused-ring (bicyclic) bond motifs is 1. The molecule has 7 nitrogen and oxygen atoms in total. The molecule has 0 spiro atoms. The Kier molecular flexibility index (Phi) is 4.69. The Morgan fingerprint density at radius 1 is 1.23 bits per heavy atom. The lowest BCUT2D eigenvalue weighted by Crippen LogP contribution is -2.21. The molecule has 1 N–H and O–H groups in total. The molecule has 0 atom stereocenters. The van der Waals surface area contributed by atoms with E-state index in [1.807, 2.05) is 13.0 Å². The summed E-state index contributed by atoms with van der Waals surface area (Å²) in [5.41, 5.74) is 2.60. The molecular weight excluding hydrogens is 354 g/mol. The lowest BCUT2D eigenvalue weighted by molar-refractivity contribution is -0.116. The molecule has 0 unspecified atom stereocenters. The number of nitrogens with zero attached hydrogens (tertiary/aromatic N) is 2. The second kappa shape index (κ2) is 6.80. The lowest BCUT2D eigenvalue weighted by atomic mass is 10.2. The van der Waals surface area contributed by atoms with E-state index in [-0.39, 0.29) is 17.6 Å². The van der Waals surface area contributed by atoms with Gasteiger partial charge in [0, 0.05) is 6.26 Å². The number of aromatic nitrogens is 2. The molecule has 8 heteroatoms. The molecule has 2 aromatic carbocycles. The van der Waals surface area contributed by atoms with E-state index in [0.29, 0.717) is 22.5 Å². The molecule has 0 bridgehead atoms. The number of anilines is 1. The minimum atomic E-state index is -3.59. The summed E-state index contributed by atoms with van der Waals surface area (Å²) in [5.74, 6) is 0.157. The third-order valence-corrected chi connectivity index (χ3v) is 4.86. The van der Waals surface area contributed by atoms with Gasteiger partial charge in [0.25, 0.3) is 0 Å². The summed E-state index contributed by atoms with van der Waals surface area (Å²) in [7, 11) is -2.07. The standard InChI is InChI=1S/C18H19N3O4S/c1-12-8-9-16(25-2)14(10-12)19-17(22)11-21-15-7-5-4-6-13(15)20-18(21)26(3,23)24/h4-10H,11H2,1-3H3,(H,19,22). The van der Waals surface area contributed by atoms with Crippen molar-refractivity contribution in [1.29, 1.82) is 0 Å². The smallest absolute Gasteiger partial charge is 0.244 e. The van der Waals surface area contributed by atoms with Crippen LogP contribution >= 0.6 is 0 Å². The summed E-state index contributed by atoms with van der Waals surface area (Å²) in [4.78, 5) is 16.7. The number of rotatable bonds is 5. The highest BCUT2D eigenvalue weighted by Crippen LogP contribution is 2.26. The van der Waals surface area contributed by atoms with Crippen LogP contribution in [0.2, 0.25) is 0 Å². The van der Waals surface area contributed by atoms with Gasteiger partial charge < -0.3 is 14.6 Å². The van der Waals surface area contributed by atoms with Crippen LogP contribution < -0.4 is 10.1 Å². The van der Waals surface area contributed by atoms with Crippen LogP contribution in [0.5, 0.6) is 5.75 Å². The van der Waals surface area contributed by atoms with Crippen molar-refractivity contribution in [1.82, 2.24) is 9.55 Å². The molecule has 3 rings (SSSR count). The van der Waals surface area contributed by atoms with Gasteiger partial charge in [-0.1, -0.05) is 18.2 Å². The summed E-state index contributed by atoms with van der Waals surface area (Å²) in [6.07, 6.45) is 1.08. The predicted octanol–water partition coefficient (Wildman–Crippen LogP) is 2.40. The maximum Gasteiger partial charge on any atom is 0.244 e. The highest BCUT2D eigenvalue weighted by molar-refractivity contribution is 7.90. The highest BCUT2D eigenvalue weighted by Gasteiger charge is 2.21. The van der Waals surface area contributed by atoms with Gasteiger partial charge >= 0.3 is 0 Å². The van der Waals surface area contributed by atoms with E-state index in [4.69, 9.17) is 4.74 Å². The summed E-state index contributed by atoms with van der Waals surface area (Å²) < 4.78 is 30.8. The first-order valence-corrected chi connectivity index (χ1v) is 9.78. The van der Waals surface area contributed by atoms with E-state index in [9.17, 15) is 13.2 Å². The number of methoxy groups -OCH3 is 1. The number of nitrogens with one attached hydrogen (secondary N) is 1. The minimum absolute atomic E-state index is 0.134. The predicted molar refractivity (Wildman–Crippen MR) is 99.2 cm³/mol. The number of amides is 1. The summed E-state index contributed by atoms with van der Waals surface area (Å²) in [6.45, 7) is 1.72. The first-order valence-electron chi connectivity index (χ1n) is 7.89. The van der Waals surface area contributed by atoms with Gasteiger partial charge in [-0.05, 0) is 36.8 Å². The molecule has 3 aromatic rings. The molecule has 1 heterocycles. The summed E-state index contributed by atoms with van der Waals surface area (Å²) >= 11 is 0. The topological polar surface area (TPSA) is 90.3 Å². The average Bonchev–Trinajstić information content (AvgIpc) is 2.94. The van der Waals surface area contributed by atoms with Crippen molar-refractivity contribution >= 4 is 32.5 Å². The second-order valence-corrected chi connectivity index (χ2v) is 7.90. The van der Waals surface area contributed by atoms with Crippen molar-refractivity contribution in [3.05, 3.63) is 48.0 Å². The Morgan fingerprint density at radius 3 is 2.65 bits per heavy atom. The van der Waals surface area contributed by atoms with Gasteiger partial charge in [0.2, 0.25) is 20.9 Å². The van der Waals surface area contributed by atoms with Crippen LogP contribution in [0.4, 0.5) is 5.69 Å². The summed E-state index contributed by atoms with van der Waals surface area (Å²) in [6, 6.07) is 12.4. The second-order valence-electron chi connectivity index (χ2n) is 5.99. The van der Waals surface area contributed by atoms with E-state index >= 15 is 0 Å². The monoisotopic (exact) mass is 373 g/mol. The number of carbonyl (C=O) groups is 1. The van der Waals surface area contributed by atoms with Gasteiger partial charge in [-0.25, -0.2) is 13.4 Å². The number of sulfone groups is 1. The van der Waals surface area contributed by atoms with E-state index in [2.05, 4.69) is 10.3 Å². The number of ether oxygens (including phenoxy) is 1. The number of hydrogen-bond donors (Lipinski definition) is 1. The van der Waals surface area contributed by atoms with Crippen molar-refractivity contribution in [3.8, 4) is 5.75 Å². The van der Waals surface area contributed by atoms with E-state index < -0.39 is 9.84 Å². The SMILES string of the molecule is COc1ccc(C)cc1NC(=O)Cn1c(S(C)(=O)=O)nc2ccccc21. The van der Waals surface area contributed by atoms with Crippen LogP contribution in [0.15, 0.2) is 47.6 Å². The maximum absolute atomic E-state index is 12.6. The Bertz CT molecular complexity index is 1090. The van der Waals surface area contributed by atoms with Gasteiger partial charge in [-0.15, -0.1) is 0 Å². The van der Waals surface area contributed by atoms with Crippen LogP contribution in [0.3, 0.4) is 0 Å². The third kappa shape index (κ3) is 3.55. The van der Waals surface area contributed by atoms with E-state index in [0.717, 1.165) is 11.8 Å². The molecule has 1 amide bonds. The number of hydrogen-bond acceptors (Lipinski definition) is 5. The maximum atomic E-state index is 12.6. The van der Waals surface area contributed by atoms with Crippen molar-refractivity contribution in [2.24, 2.45) is 0 Å². The number of aryl methyl sites for hydroxylation is 1. The molecule has 1 aromatic heterocycles. The highest BCUT2D eigenvalue weighted by atomic mass is 32.2. The minimum Gasteiger partial charge on any atom is -0.495 e. The molecular formula is C18H19N3O4S. The molecule has 0 aliphatic heterocycles. The molecule has 26 heavy (non-hydrogen) atoms. The number of benzene rings is 2. The van der Waals surface area contributed by atoms with Gasteiger partial charge in [-0.3, -0.25) is 4.79 Å². The van der Waals surface area contributed by atoms with E-state index in [1.54, 1.807) is 36.4 Å².